The van der Waals surface area contributed by atoms with Crippen molar-refractivity contribution in [3.05, 3.63) is 132 Å². The number of carbonyl (C=O) groups excluding carboxylic acids is 1. The van der Waals surface area contributed by atoms with E-state index in [0.717, 1.165) is 11.1 Å². The second-order valence-corrected chi connectivity index (χ2v) is 18.5. The molecule has 0 unspecified atom stereocenters. The quantitative estimate of drug-likeness (QED) is 0.152. The highest BCUT2D eigenvalue weighted by molar-refractivity contribution is 6.99. The van der Waals surface area contributed by atoms with Crippen molar-refractivity contribution < 1.29 is 19.2 Å². The van der Waals surface area contributed by atoms with Gasteiger partial charge >= 0.3 is 6.09 Å². The van der Waals surface area contributed by atoms with Gasteiger partial charge in [0.25, 0.3) is 8.32 Å². The van der Waals surface area contributed by atoms with Crippen LogP contribution in [0.5, 0.6) is 0 Å². The van der Waals surface area contributed by atoms with E-state index in [9.17, 15) is 10.0 Å². The van der Waals surface area contributed by atoms with E-state index in [2.05, 4.69) is 69.3 Å². The lowest BCUT2D eigenvalue weighted by Crippen LogP contribution is -2.67. The number of nitrogens with zero attached hydrogens (tertiary/aromatic N) is 2. The summed E-state index contributed by atoms with van der Waals surface area (Å²) in [7, 11) is -2.91. The average Bonchev–Trinajstić information content (AvgIpc) is 3.44. The molecule has 1 aliphatic rings. The van der Waals surface area contributed by atoms with Gasteiger partial charge in [0.1, 0.15) is 5.60 Å². The van der Waals surface area contributed by atoms with Crippen molar-refractivity contribution in [2.75, 3.05) is 6.54 Å². The molecule has 6 nitrogen and oxygen atoms in total. The fourth-order valence-electron chi connectivity index (χ4n) is 6.79. The van der Waals surface area contributed by atoms with Gasteiger partial charge in [0.2, 0.25) is 0 Å². The van der Waals surface area contributed by atoms with Crippen molar-refractivity contribution >= 4 is 24.8 Å². The minimum Gasteiger partial charge on any atom is -0.444 e. The topological polar surface area (TPSA) is 62.2 Å². The van der Waals surface area contributed by atoms with E-state index >= 15 is 0 Å². The highest BCUT2D eigenvalue weighted by Gasteiger charge is 2.54. The maximum Gasteiger partial charge on any atom is 0.410 e. The third-order valence-electron chi connectivity index (χ3n) is 8.71. The van der Waals surface area contributed by atoms with Gasteiger partial charge in [0, 0.05) is 13.1 Å². The third-order valence-corrected chi connectivity index (χ3v) is 13.8. The molecule has 1 fully saturated rings. The maximum atomic E-state index is 14.0. The SMILES string of the molecule is CC(C)(C)OC(=O)N1C[C@H](O[Si](c2ccccc2)(c2ccccc2)C(C)(C)C)C[C@H]1[C@@H](c1ccccc1)N(O)Cc1ccccc1. The van der Waals surface area contributed by atoms with Crippen LogP contribution in [-0.4, -0.2) is 53.9 Å². The Labute approximate surface area is 275 Å². The number of benzene rings is 4. The maximum absolute atomic E-state index is 14.0. The van der Waals surface area contributed by atoms with Crippen molar-refractivity contribution in [1.82, 2.24) is 9.96 Å². The molecule has 0 aromatic heterocycles. The van der Waals surface area contributed by atoms with Crippen LogP contribution in [-0.2, 0) is 15.7 Å². The third kappa shape index (κ3) is 7.45. The van der Waals surface area contributed by atoms with Crippen molar-refractivity contribution in [2.45, 2.75) is 83.3 Å². The van der Waals surface area contributed by atoms with Gasteiger partial charge in [-0.1, -0.05) is 142 Å². The molecule has 0 saturated carbocycles. The zero-order valence-corrected chi connectivity index (χ0v) is 29.0. The normalized spacial score (nSPS) is 18.0. The summed E-state index contributed by atoms with van der Waals surface area (Å²) in [4.78, 5) is 15.8. The summed E-state index contributed by atoms with van der Waals surface area (Å²) in [5, 5.41) is 15.4. The van der Waals surface area contributed by atoms with Crippen LogP contribution in [0.1, 0.15) is 65.1 Å². The van der Waals surface area contributed by atoms with Crippen LogP contribution in [0.2, 0.25) is 5.04 Å². The molecule has 1 N–H and O–H groups in total. The van der Waals surface area contributed by atoms with Gasteiger partial charge in [0.15, 0.2) is 0 Å². The van der Waals surface area contributed by atoms with Crippen LogP contribution in [0.25, 0.3) is 0 Å². The predicted octanol–water partition coefficient (Wildman–Crippen LogP) is 7.57. The minimum atomic E-state index is -2.91. The zero-order chi connectivity index (χ0) is 33.0. The molecule has 1 heterocycles. The van der Waals surface area contributed by atoms with Gasteiger partial charge in [-0.05, 0) is 53.7 Å². The van der Waals surface area contributed by atoms with Crippen LogP contribution in [0.15, 0.2) is 121 Å². The summed E-state index contributed by atoms with van der Waals surface area (Å²) in [5.74, 6) is 0. The lowest BCUT2D eigenvalue weighted by Gasteiger charge is -2.44. The molecule has 0 bridgehead atoms. The van der Waals surface area contributed by atoms with Gasteiger partial charge < -0.3 is 19.3 Å². The van der Waals surface area contributed by atoms with E-state index in [0.29, 0.717) is 19.5 Å². The van der Waals surface area contributed by atoms with E-state index in [1.165, 1.54) is 15.4 Å². The molecule has 3 atom stereocenters. The van der Waals surface area contributed by atoms with Crippen LogP contribution in [0, 0.1) is 0 Å². The number of hydroxylamine groups is 2. The molecule has 0 aliphatic carbocycles. The van der Waals surface area contributed by atoms with Gasteiger partial charge in [-0.15, -0.1) is 0 Å². The lowest BCUT2D eigenvalue weighted by molar-refractivity contribution is -0.153. The summed E-state index contributed by atoms with van der Waals surface area (Å²) in [6.45, 7) is 13.1. The first kappa shape index (κ1) is 33.6. The van der Waals surface area contributed by atoms with E-state index in [4.69, 9.17) is 9.16 Å². The second kappa shape index (κ2) is 13.9. The van der Waals surface area contributed by atoms with Crippen molar-refractivity contribution in [1.29, 1.82) is 0 Å². The van der Waals surface area contributed by atoms with Crippen molar-refractivity contribution in [3.63, 3.8) is 0 Å². The number of carbonyl (C=O) groups is 1. The van der Waals surface area contributed by atoms with Crippen LogP contribution < -0.4 is 10.4 Å². The molecule has 0 radical (unpaired) electrons. The fraction of sp³-hybridized carbons (Fsp3) is 0.359. The van der Waals surface area contributed by atoms with Gasteiger partial charge in [0.05, 0.1) is 18.2 Å². The molecule has 46 heavy (non-hydrogen) atoms. The van der Waals surface area contributed by atoms with Gasteiger partial charge in [-0.3, -0.25) is 0 Å². The first-order valence-electron chi connectivity index (χ1n) is 16.2. The van der Waals surface area contributed by atoms with Crippen LogP contribution in [0.4, 0.5) is 4.79 Å². The summed E-state index contributed by atoms with van der Waals surface area (Å²) < 4.78 is 13.5. The highest BCUT2D eigenvalue weighted by Crippen LogP contribution is 2.42. The number of rotatable bonds is 9. The van der Waals surface area contributed by atoms with E-state index in [1.54, 1.807) is 4.90 Å². The highest BCUT2D eigenvalue weighted by atomic mass is 28.4. The van der Waals surface area contributed by atoms with Crippen LogP contribution in [0.3, 0.4) is 0 Å². The van der Waals surface area contributed by atoms with E-state index in [-0.39, 0.29) is 11.1 Å². The van der Waals surface area contributed by atoms with Crippen LogP contribution >= 0.6 is 0 Å². The number of hydrogen-bond acceptors (Lipinski definition) is 5. The fourth-order valence-corrected chi connectivity index (χ4v) is 11.5. The Kier molecular flexibility index (Phi) is 10.2. The molecule has 242 valence electrons. The predicted molar refractivity (Wildman–Crippen MR) is 187 cm³/mol. The summed E-state index contributed by atoms with van der Waals surface area (Å²) >= 11 is 0. The Morgan fingerprint density at radius 2 is 1.28 bits per heavy atom. The van der Waals surface area contributed by atoms with Crippen molar-refractivity contribution in [3.8, 4) is 0 Å². The molecule has 4 aromatic carbocycles. The molecular weight excluding hydrogens is 589 g/mol. The van der Waals surface area contributed by atoms with Gasteiger partial charge in [-0.25, -0.2) is 4.79 Å². The first-order chi connectivity index (χ1) is 21.9. The zero-order valence-electron chi connectivity index (χ0n) is 28.0. The molecule has 1 saturated heterocycles. The Balaban J connectivity index is 1.59. The molecule has 1 amide bonds. The van der Waals surface area contributed by atoms with E-state index < -0.39 is 32.1 Å². The minimum absolute atomic E-state index is 0.223. The summed E-state index contributed by atoms with van der Waals surface area (Å²) in [6, 6.07) is 40.1. The molecule has 5 rings (SSSR count). The Morgan fingerprint density at radius 3 is 1.76 bits per heavy atom. The van der Waals surface area contributed by atoms with Crippen molar-refractivity contribution in [2.24, 2.45) is 0 Å². The largest absolute Gasteiger partial charge is 0.444 e. The Bertz CT molecular complexity index is 1500. The van der Waals surface area contributed by atoms with Gasteiger partial charge in [-0.2, -0.15) is 5.06 Å². The standard InChI is InChI=1S/C39H48N2O4Si/c1-38(2,3)44-37(42)40-29-32(45-46(39(4,5)6,33-23-15-9-16-24-33)34-25-17-10-18-26-34)27-35(40)36(31-21-13-8-14-22-31)41(43)28-30-19-11-7-12-20-30/h7-26,32,35-36,43H,27-29H2,1-6H3/t32-,35+,36-/m1/s1. The second-order valence-electron chi connectivity index (χ2n) is 14.3. The molecule has 7 heteroatoms. The number of hydrogen-bond donors (Lipinski definition) is 1. The number of ether oxygens (including phenoxy) is 1. The molecule has 1 aliphatic heterocycles. The Morgan fingerprint density at radius 1 is 0.804 bits per heavy atom. The monoisotopic (exact) mass is 636 g/mol. The average molecular weight is 637 g/mol. The Hall–Kier alpha value is -3.75. The molecular formula is C39H48N2O4Si. The lowest BCUT2D eigenvalue weighted by atomic mass is 9.96. The summed E-state index contributed by atoms with van der Waals surface area (Å²) in [6.07, 6.45) is -0.157. The first-order valence-corrected chi connectivity index (χ1v) is 18.1. The summed E-state index contributed by atoms with van der Waals surface area (Å²) in [5.41, 5.74) is 1.22. The number of likely N-dealkylation sites (tertiary alicyclic amines) is 1. The number of amides is 1. The van der Waals surface area contributed by atoms with E-state index in [1.807, 2.05) is 93.6 Å². The smallest absolute Gasteiger partial charge is 0.410 e. The molecule has 0 spiro atoms. The molecule has 4 aromatic rings.